The Bertz CT molecular complexity index is 982. The van der Waals surface area contributed by atoms with Gasteiger partial charge in [0.05, 0.1) is 5.39 Å². The maximum atomic E-state index is 12.3. The standard InChI is InChI=1S/C19H17Cl2N3OS/c20-14-3-1-13(2-4-14)12-23-7-9-24(10-8-23)19-22-18(25)16-11-15(21)5-6-17(16)26-19/h1-6,11H,7-10,12H2. The Labute approximate surface area is 165 Å². The van der Waals surface area contributed by atoms with Gasteiger partial charge in [-0.2, -0.15) is 4.98 Å². The highest BCUT2D eigenvalue weighted by molar-refractivity contribution is 7.21. The third-order valence-corrected chi connectivity index (χ3v) is 6.13. The van der Waals surface area contributed by atoms with Crippen molar-refractivity contribution in [3.05, 3.63) is 68.4 Å². The van der Waals surface area contributed by atoms with E-state index in [2.05, 4.69) is 26.9 Å². The van der Waals surface area contributed by atoms with E-state index in [0.717, 1.165) is 47.6 Å². The van der Waals surface area contributed by atoms with Gasteiger partial charge < -0.3 is 4.90 Å². The van der Waals surface area contributed by atoms with Crippen LogP contribution >= 0.6 is 34.5 Å². The van der Waals surface area contributed by atoms with E-state index < -0.39 is 0 Å². The van der Waals surface area contributed by atoms with Crippen LogP contribution in [-0.2, 0) is 6.54 Å². The van der Waals surface area contributed by atoms with Crippen LogP contribution in [0, 0.1) is 0 Å². The number of halogens is 2. The second-order valence-electron chi connectivity index (χ2n) is 6.33. The average Bonchev–Trinajstić information content (AvgIpc) is 2.65. The van der Waals surface area contributed by atoms with Crippen molar-refractivity contribution < 1.29 is 0 Å². The zero-order valence-electron chi connectivity index (χ0n) is 14.0. The highest BCUT2D eigenvalue weighted by Gasteiger charge is 2.20. The molecule has 0 saturated carbocycles. The summed E-state index contributed by atoms with van der Waals surface area (Å²) in [7, 11) is 0. The van der Waals surface area contributed by atoms with E-state index in [1.54, 1.807) is 17.4 Å². The number of hydrogen-bond acceptors (Lipinski definition) is 5. The van der Waals surface area contributed by atoms with Crippen molar-refractivity contribution in [2.75, 3.05) is 31.1 Å². The fraction of sp³-hybridized carbons (Fsp3) is 0.263. The molecule has 4 rings (SSSR count). The first-order valence-electron chi connectivity index (χ1n) is 8.41. The lowest BCUT2D eigenvalue weighted by Crippen LogP contribution is -2.46. The molecular formula is C19H17Cl2N3OS. The van der Waals surface area contributed by atoms with Crippen molar-refractivity contribution in [1.29, 1.82) is 0 Å². The van der Waals surface area contributed by atoms with Crippen molar-refractivity contribution in [1.82, 2.24) is 9.88 Å². The van der Waals surface area contributed by atoms with Gasteiger partial charge in [-0.25, -0.2) is 0 Å². The van der Waals surface area contributed by atoms with Crippen molar-refractivity contribution in [3.8, 4) is 0 Å². The number of aromatic nitrogens is 1. The van der Waals surface area contributed by atoms with Crippen LogP contribution in [0.4, 0.5) is 5.13 Å². The van der Waals surface area contributed by atoms with Gasteiger partial charge in [0.25, 0.3) is 5.56 Å². The number of nitrogens with zero attached hydrogens (tertiary/aromatic N) is 3. The molecule has 1 aliphatic rings. The number of hydrogen-bond donors (Lipinski definition) is 0. The highest BCUT2D eigenvalue weighted by atomic mass is 35.5. The Hall–Kier alpha value is -1.66. The molecule has 4 nitrogen and oxygen atoms in total. The first-order valence-corrected chi connectivity index (χ1v) is 9.98. The first kappa shape index (κ1) is 17.7. The van der Waals surface area contributed by atoms with Crippen LogP contribution in [0.2, 0.25) is 10.0 Å². The second-order valence-corrected chi connectivity index (χ2v) is 8.21. The van der Waals surface area contributed by atoms with Gasteiger partial charge in [0.1, 0.15) is 0 Å². The van der Waals surface area contributed by atoms with E-state index in [9.17, 15) is 4.79 Å². The first-order chi connectivity index (χ1) is 12.6. The van der Waals surface area contributed by atoms with Gasteiger partial charge in [-0.3, -0.25) is 9.69 Å². The van der Waals surface area contributed by atoms with Crippen LogP contribution < -0.4 is 10.5 Å². The third kappa shape index (κ3) is 3.86. The molecule has 1 aliphatic heterocycles. The van der Waals surface area contributed by atoms with Crippen molar-refractivity contribution in [2.45, 2.75) is 6.54 Å². The monoisotopic (exact) mass is 405 g/mol. The molecule has 7 heteroatoms. The summed E-state index contributed by atoms with van der Waals surface area (Å²) in [5, 5.41) is 2.70. The van der Waals surface area contributed by atoms with E-state index in [1.807, 2.05) is 24.3 Å². The van der Waals surface area contributed by atoms with Crippen LogP contribution in [0.3, 0.4) is 0 Å². The predicted octanol–water partition coefficient (Wildman–Crippen LogP) is 4.29. The lowest BCUT2D eigenvalue weighted by Gasteiger charge is -2.35. The van der Waals surface area contributed by atoms with Gasteiger partial charge in [0.15, 0.2) is 5.13 Å². The molecule has 2 aromatic carbocycles. The van der Waals surface area contributed by atoms with Crippen molar-refractivity contribution in [2.24, 2.45) is 0 Å². The molecule has 134 valence electrons. The minimum absolute atomic E-state index is 0.208. The molecule has 0 unspecified atom stereocenters. The van der Waals surface area contributed by atoms with Crippen molar-refractivity contribution in [3.63, 3.8) is 0 Å². The molecule has 1 fully saturated rings. The fourth-order valence-electron chi connectivity index (χ4n) is 3.11. The molecule has 0 aliphatic carbocycles. The van der Waals surface area contributed by atoms with E-state index >= 15 is 0 Å². The lowest BCUT2D eigenvalue weighted by atomic mass is 10.2. The molecule has 0 spiro atoms. The molecule has 3 aromatic rings. The Balaban J connectivity index is 1.46. The minimum Gasteiger partial charge on any atom is -0.345 e. The maximum absolute atomic E-state index is 12.3. The molecule has 0 atom stereocenters. The molecule has 0 bridgehead atoms. The Morgan fingerprint density at radius 3 is 2.38 bits per heavy atom. The summed E-state index contributed by atoms with van der Waals surface area (Å²) in [6, 6.07) is 13.4. The summed E-state index contributed by atoms with van der Waals surface area (Å²) in [6.07, 6.45) is 0. The molecule has 0 amide bonds. The molecule has 2 heterocycles. The molecule has 0 radical (unpaired) electrons. The van der Waals surface area contributed by atoms with E-state index in [1.165, 1.54) is 5.56 Å². The summed E-state index contributed by atoms with van der Waals surface area (Å²) in [5.41, 5.74) is 1.05. The van der Waals surface area contributed by atoms with E-state index in [4.69, 9.17) is 23.2 Å². The number of rotatable bonds is 3. The fourth-order valence-corrected chi connectivity index (χ4v) is 4.43. The Morgan fingerprint density at radius 1 is 0.962 bits per heavy atom. The van der Waals surface area contributed by atoms with E-state index in [-0.39, 0.29) is 5.56 Å². The van der Waals surface area contributed by atoms with Gasteiger partial charge in [-0.15, -0.1) is 0 Å². The summed E-state index contributed by atoms with van der Waals surface area (Å²) in [4.78, 5) is 21.2. The third-order valence-electron chi connectivity index (χ3n) is 4.53. The largest absolute Gasteiger partial charge is 0.345 e. The molecule has 0 N–H and O–H groups in total. The second kappa shape index (κ2) is 7.53. The lowest BCUT2D eigenvalue weighted by molar-refractivity contribution is 0.250. The zero-order valence-corrected chi connectivity index (χ0v) is 16.3. The van der Waals surface area contributed by atoms with Gasteiger partial charge in [0.2, 0.25) is 0 Å². The number of piperazine rings is 1. The number of anilines is 1. The Morgan fingerprint density at radius 2 is 1.65 bits per heavy atom. The van der Waals surface area contributed by atoms with Crippen LogP contribution in [0.1, 0.15) is 5.56 Å². The number of fused-ring (bicyclic) bond motifs is 1. The summed E-state index contributed by atoms with van der Waals surface area (Å²) in [5.74, 6) is 0. The molecule has 26 heavy (non-hydrogen) atoms. The summed E-state index contributed by atoms with van der Waals surface area (Å²) >= 11 is 13.5. The molecular weight excluding hydrogens is 389 g/mol. The SMILES string of the molecule is O=c1nc(N2CCN(Cc3ccc(Cl)cc3)CC2)sc2ccc(Cl)cc12. The zero-order chi connectivity index (χ0) is 18.1. The highest BCUT2D eigenvalue weighted by Crippen LogP contribution is 2.26. The maximum Gasteiger partial charge on any atom is 0.281 e. The van der Waals surface area contributed by atoms with Crippen LogP contribution in [-0.4, -0.2) is 36.1 Å². The van der Waals surface area contributed by atoms with Crippen LogP contribution in [0.15, 0.2) is 47.3 Å². The molecule has 1 aromatic heterocycles. The predicted molar refractivity (Wildman–Crippen MR) is 110 cm³/mol. The van der Waals surface area contributed by atoms with Gasteiger partial charge >= 0.3 is 0 Å². The Kier molecular flexibility index (Phi) is 5.14. The van der Waals surface area contributed by atoms with Gasteiger partial charge in [0, 0.05) is 47.5 Å². The topological polar surface area (TPSA) is 36.4 Å². The summed E-state index contributed by atoms with van der Waals surface area (Å²) in [6.45, 7) is 4.49. The molecule has 1 saturated heterocycles. The van der Waals surface area contributed by atoms with Crippen LogP contribution in [0.25, 0.3) is 10.1 Å². The van der Waals surface area contributed by atoms with Gasteiger partial charge in [-0.05, 0) is 35.9 Å². The van der Waals surface area contributed by atoms with E-state index in [0.29, 0.717) is 10.4 Å². The normalized spacial score (nSPS) is 15.5. The summed E-state index contributed by atoms with van der Waals surface area (Å²) < 4.78 is 0.924. The van der Waals surface area contributed by atoms with Gasteiger partial charge in [-0.1, -0.05) is 46.7 Å². The van der Waals surface area contributed by atoms with Crippen molar-refractivity contribution >= 4 is 49.8 Å². The minimum atomic E-state index is -0.208. The quantitative estimate of drug-likeness (QED) is 0.651. The van der Waals surface area contributed by atoms with Crippen LogP contribution in [0.5, 0.6) is 0 Å². The average molecular weight is 406 g/mol. The smallest absolute Gasteiger partial charge is 0.281 e. The number of benzene rings is 2.